The third-order valence-electron chi connectivity index (χ3n) is 4.73. The minimum atomic E-state index is -6.00. The molecule has 1 aromatic heterocycles. The van der Waals surface area contributed by atoms with E-state index in [1.165, 1.54) is 0 Å². The molecule has 1 heterocycles. The Hall–Kier alpha value is -4.28. The number of fused-ring (bicyclic) bond motifs is 1. The van der Waals surface area contributed by atoms with Gasteiger partial charge in [-0.25, -0.2) is 9.79 Å². The van der Waals surface area contributed by atoms with Gasteiger partial charge in [-0.05, 0) is 36.4 Å². The Morgan fingerprint density at radius 2 is 1.57 bits per heavy atom. The van der Waals surface area contributed by atoms with E-state index in [4.69, 9.17) is 13.9 Å². The van der Waals surface area contributed by atoms with Crippen molar-refractivity contribution in [3.05, 3.63) is 83.7 Å². The van der Waals surface area contributed by atoms with E-state index in [1.807, 2.05) is 54.6 Å². The average Bonchev–Trinajstić information content (AvgIpc) is 2.82. The highest BCUT2D eigenvalue weighted by Gasteiger charge is 2.20. The lowest BCUT2D eigenvalue weighted by molar-refractivity contribution is -0.400. The number of methoxy groups -OCH3 is 2. The SMILES string of the molecule is COc1ccc(-c2cc(=[NH+]c3cccc(C(=O)O)c3)c3ccccc3o2)cc1OC.F[B-](F)(F)F. The summed E-state index contributed by atoms with van der Waals surface area (Å²) in [5, 5.41) is 10.9. The molecule has 0 fully saturated rings. The number of hydrogen-bond acceptors (Lipinski definition) is 4. The fraction of sp³-hybridized carbons (Fsp3) is 0.0833. The molecule has 182 valence electrons. The first-order valence-electron chi connectivity index (χ1n) is 10.1. The maximum absolute atomic E-state index is 11.3. The van der Waals surface area contributed by atoms with Crippen LogP contribution >= 0.6 is 0 Å². The molecule has 0 aliphatic carbocycles. The normalized spacial score (nSPS) is 11.5. The lowest BCUT2D eigenvalue weighted by Gasteiger charge is -2.09. The average molecular weight is 489 g/mol. The molecular weight excluding hydrogens is 469 g/mol. The Kier molecular flexibility index (Phi) is 7.80. The fourth-order valence-electron chi connectivity index (χ4n) is 3.26. The van der Waals surface area contributed by atoms with Crippen molar-refractivity contribution in [2.45, 2.75) is 0 Å². The molecule has 0 saturated heterocycles. The molecule has 0 aliphatic heterocycles. The van der Waals surface area contributed by atoms with Crippen LogP contribution in [0.5, 0.6) is 11.5 Å². The van der Waals surface area contributed by atoms with Crippen LogP contribution in [-0.4, -0.2) is 32.5 Å². The van der Waals surface area contributed by atoms with Crippen molar-refractivity contribution in [1.29, 1.82) is 0 Å². The molecule has 2 N–H and O–H groups in total. The summed E-state index contributed by atoms with van der Waals surface area (Å²) in [5.41, 5.74) is 2.40. The van der Waals surface area contributed by atoms with E-state index in [-0.39, 0.29) is 5.56 Å². The zero-order valence-electron chi connectivity index (χ0n) is 18.6. The molecule has 4 aromatic rings. The smallest absolute Gasteiger partial charge is 0.493 e. The molecule has 0 amide bonds. The van der Waals surface area contributed by atoms with Gasteiger partial charge in [-0.3, -0.25) is 0 Å². The largest absolute Gasteiger partial charge is 0.673 e. The van der Waals surface area contributed by atoms with Crippen molar-refractivity contribution >= 4 is 29.9 Å². The van der Waals surface area contributed by atoms with Crippen LogP contribution in [0.15, 0.2) is 77.2 Å². The second-order valence-corrected chi connectivity index (χ2v) is 7.10. The van der Waals surface area contributed by atoms with Crippen molar-refractivity contribution in [3.8, 4) is 22.8 Å². The van der Waals surface area contributed by atoms with E-state index in [2.05, 4.69) is 4.99 Å². The number of para-hydroxylation sites is 1. The van der Waals surface area contributed by atoms with Gasteiger partial charge in [0.25, 0.3) is 0 Å². The van der Waals surface area contributed by atoms with Gasteiger partial charge in [0.2, 0.25) is 11.0 Å². The number of nitrogens with one attached hydrogen (secondary N) is 1. The zero-order valence-corrected chi connectivity index (χ0v) is 18.6. The van der Waals surface area contributed by atoms with Crippen LogP contribution in [0.4, 0.5) is 23.0 Å². The van der Waals surface area contributed by atoms with Gasteiger partial charge in [-0.2, -0.15) is 0 Å². The molecule has 11 heteroatoms. The molecule has 0 radical (unpaired) electrons. The summed E-state index contributed by atoms with van der Waals surface area (Å²) >= 11 is 0. The Bertz CT molecular complexity index is 1410. The Morgan fingerprint density at radius 1 is 0.886 bits per heavy atom. The molecule has 6 nitrogen and oxygen atoms in total. The van der Waals surface area contributed by atoms with Gasteiger partial charge in [0.15, 0.2) is 11.5 Å². The summed E-state index contributed by atoms with van der Waals surface area (Å²) in [7, 11) is -2.83. The van der Waals surface area contributed by atoms with Gasteiger partial charge in [0, 0.05) is 17.7 Å². The molecule has 0 aliphatic rings. The first-order chi connectivity index (χ1) is 16.6. The Labute approximate surface area is 197 Å². The van der Waals surface area contributed by atoms with Gasteiger partial charge in [-0.15, -0.1) is 0 Å². The highest BCUT2D eigenvalue weighted by atomic mass is 19.5. The predicted molar refractivity (Wildman–Crippen MR) is 122 cm³/mol. The zero-order chi connectivity index (χ0) is 25.6. The highest BCUT2D eigenvalue weighted by molar-refractivity contribution is 6.50. The molecule has 4 rings (SSSR count). The molecular formula is C24H20BF4NO5. The van der Waals surface area contributed by atoms with Gasteiger partial charge in [0.05, 0.1) is 31.2 Å². The quantitative estimate of drug-likeness (QED) is 0.320. The van der Waals surface area contributed by atoms with E-state index in [9.17, 15) is 27.2 Å². The van der Waals surface area contributed by atoms with Crippen LogP contribution < -0.4 is 19.8 Å². The van der Waals surface area contributed by atoms with E-state index >= 15 is 0 Å². The maximum Gasteiger partial charge on any atom is 0.673 e. The number of rotatable bonds is 5. The molecule has 0 unspecified atom stereocenters. The van der Waals surface area contributed by atoms with Crippen molar-refractivity contribution in [3.63, 3.8) is 0 Å². The van der Waals surface area contributed by atoms with E-state index in [1.54, 1.807) is 32.4 Å². The van der Waals surface area contributed by atoms with E-state index in [0.717, 1.165) is 16.3 Å². The third-order valence-corrected chi connectivity index (χ3v) is 4.73. The summed E-state index contributed by atoms with van der Waals surface area (Å²) in [4.78, 5) is 14.6. The summed E-state index contributed by atoms with van der Waals surface area (Å²) in [5.74, 6) is 0.886. The second-order valence-electron chi connectivity index (χ2n) is 7.10. The van der Waals surface area contributed by atoms with Gasteiger partial charge >= 0.3 is 13.2 Å². The van der Waals surface area contributed by atoms with Crippen LogP contribution in [0.2, 0.25) is 0 Å². The topological polar surface area (TPSA) is 82.9 Å². The van der Waals surface area contributed by atoms with Crippen molar-refractivity contribution < 1.29 is 46.0 Å². The maximum atomic E-state index is 11.3. The summed E-state index contributed by atoms with van der Waals surface area (Å²) in [6, 6.07) is 21.8. The van der Waals surface area contributed by atoms with Gasteiger partial charge in [-0.1, -0.05) is 18.2 Å². The molecule has 0 atom stereocenters. The number of aromatic carboxylic acids is 1. The monoisotopic (exact) mass is 489 g/mol. The number of benzene rings is 3. The van der Waals surface area contributed by atoms with E-state index in [0.29, 0.717) is 28.5 Å². The van der Waals surface area contributed by atoms with Crippen LogP contribution in [0.3, 0.4) is 0 Å². The van der Waals surface area contributed by atoms with Crippen molar-refractivity contribution in [1.82, 2.24) is 0 Å². The minimum Gasteiger partial charge on any atom is -0.493 e. The number of hydrogen-bond donors (Lipinski definition) is 2. The first kappa shape index (κ1) is 25.3. The summed E-state index contributed by atoms with van der Waals surface area (Å²) < 4.78 is 55.9. The lowest BCUT2D eigenvalue weighted by Crippen LogP contribution is -2.70. The van der Waals surface area contributed by atoms with E-state index < -0.39 is 13.2 Å². The van der Waals surface area contributed by atoms with Crippen LogP contribution in [-0.2, 0) is 0 Å². The predicted octanol–water partition coefficient (Wildman–Crippen LogP) is 4.43. The Balaban J connectivity index is 0.000000623. The van der Waals surface area contributed by atoms with Crippen molar-refractivity contribution in [2.75, 3.05) is 14.2 Å². The van der Waals surface area contributed by atoms with Crippen LogP contribution in [0.1, 0.15) is 10.4 Å². The van der Waals surface area contributed by atoms with Crippen LogP contribution in [0.25, 0.3) is 22.3 Å². The molecule has 0 spiro atoms. The van der Waals surface area contributed by atoms with Gasteiger partial charge in [0.1, 0.15) is 11.3 Å². The van der Waals surface area contributed by atoms with Gasteiger partial charge < -0.3 is 36.3 Å². The number of carboxylic acids is 1. The molecule has 0 saturated carbocycles. The molecule has 35 heavy (non-hydrogen) atoms. The first-order valence-corrected chi connectivity index (χ1v) is 10.1. The Morgan fingerprint density at radius 3 is 2.23 bits per heavy atom. The minimum absolute atomic E-state index is 0.213. The summed E-state index contributed by atoms with van der Waals surface area (Å²) in [6.07, 6.45) is 0. The molecule has 3 aromatic carbocycles. The van der Waals surface area contributed by atoms with Crippen LogP contribution in [0, 0.1) is 0 Å². The number of carboxylic acid groups (broad SMARTS) is 1. The number of halogens is 4. The molecule has 0 bridgehead atoms. The third kappa shape index (κ3) is 6.86. The number of carbonyl (C=O) groups is 1. The second kappa shape index (κ2) is 10.8. The standard InChI is InChI=1S/C24H19NO5.BF4/c1-28-21-11-10-15(13-23(21)29-2)22-14-19(18-8-3-4-9-20(18)30-22)25-17-7-5-6-16(12-17)24(26)27;2-1(3,4)5/h3-14H,1-2H3,(H,26,27);/q;-1/p+1. The van der Waals surface area contributed by atoms with Crippen molar-refractivity contribution in [2.24, 2.45) is 0 Å². The number of ether oxygens (including phenoxy) is 2. The fourth-order valence-corrected chi connectivity index (χ4v) is 3.26. The highest BCUT2D eigenvalue weighted by Crippen LogP contribution is 2.32. The summed E-state index contributed by atoms with van der Waals surface area (Å²) in [6.45, 7) is 0. The lowest BCUT2D eigenvalue weighted by atomic mass is 10.1.